The molecule has 1 atom stereocenters. The summed E-state index contributed by atoms with van der Waals surface area (Å²) in [5.74, 6) is 0.188. The maximum Gasteiger partial charge on any atom is 0.237 e. The van der Waals surface area contributed by atoms with E-state index in [1.807, 2.05) is 34.9 Å². The molecule has 0 aliphatic rings. The minimum absolute atomic E-state index is 0.230. The molecule has 0 saturated heterocycles. The van der Waals surface area contributed by atoms with Crippen molar-refractivity contribution in [3.05, 3.63) is 71.8 Å². The molecule has 0 unspecified atom stereocenters. The molecule has 0 bridgehead atoms. The van der Waals surface area contributed by atoms with E-state index in [-0.39, 0.29) is 5.91 Å². The summed E-state index contributed by atoms with van der Waals surface area (Å²) in [6.07, 6.45) is 0.641. The van der Waals surface area contributed by atoms with Crippen LogP contribution in [-0.2, 0) is 22.5 Å². The number of hydrogen-bond donors (Lipinski definition) is 1. The van der Waals surface area contributed by atoms with Gasteiger partial charge in [0.25, 0.3) is 0 Å². The third kappa shape index (κ3) is 5.88. The molecule has 2 aromatic carbocycles. The third-order valence-electron chi connectivity index (χ3n) is 4.26. The largest absolute Gasteiger partial charge is 0.383 e. The van der Waals surface area contributed by atoms with Gasteiger partial charge < -0.3 is 14.6 Å². The number of aromatic nitrogens is 3. The molecule has 0 radical (unpaired) electrons. The van der Waals surface area contributed by atoms with Crippen LogP contribution in [0.4, 0.5) is 10.1 Å². The number of nitrogens with one attached hydrogen (secondary N) is 1. The molecule has 1 heterocycles. The Hall–Kier alpha value is -2.71. The number of rotatable bonds is 9. The van der Waals surface area contributed by atoms with Gasteiger partial charge in [-0.15, -0.1) is 10.2 Å². The fourth-order valence-electron chi connectivity index (χ4n) is 2.74. The molecule has 29 heavy (non-hydrogen) atoms. The molecule has 3 rings (SSSR count). The summed E-state index contributed by atoms with van der Waals surface area (Å²) in [5.41, 5.74) is 1.56. The van der Waals surface area contributed by atoms with Crippen LogP contribution in [0.15, 0.2) is 59.8 Å². The smallest absolute Gasteiger partial charge is 0.237 e. The number of carbonyl (C=O) groups is 1. The van der Waals surface area contributed by atoms with E-state index in [9.17, 15) is 9.18 Å². The van der Waals surface area contributed by atoms with Crippen LogP contribution in [0.5, 0.6) is 0 Å². The van der Waals surface area contributed by atoms with E-state index < -0.39 is 11.1 Å². The summed E-state index contributed by atoms with van der Waals surface area (Å²) >= 11 is 1.31. The lowest BCUT2D eigenvalue weighted by Crippen LogP contribution is -2.23. The van der Waals surface area contributed by atoms with Crippen molar-refractivity contribution in [2.45, 2.75) is 30.3 Å². The van der Waals surface area contributed by atoms with Crippen LogP contribution in [0, 0.1) is 5.82 Å². The number of methoxy groups -OCH3 is 1. The molecule has 8 heteroatoms. The van der Waals surface area contributed by atoms with Gasteiger partial charge in [0.2, 0.25) is 5.91 Å². The number of ether oxygens (including phenoxy) is 1. The molecule has 0 saturated carbocycles. The van der Waals surface area contributed by atoms with E-state index >= 15 is 0 Å². The first-order valence-electron chi connectivity index (χ1n) is 9.25. The summed E-state index contributed by atoms with van der Waals surface area (Å²) < 4.78 is 20.5. The maximum absolute atomic E-state index is 13.3. The fraction of sp³-hybridized carbons (Fsp3) is 0.286. The number of hydrogen-bond acceptors (Lipinski definition) is 5. The molecular weight excluding hydrogens is 391 g/mol. The quantitative estimate of drug-likeness (QED) is 0.540. The van der Waals surface area contributed by atoms with E-state index in [1.165, 1.54) is 23.9 Å². The molecule has 0 aliphatic carbocycles. The van der Waals surface area contributed by atoms with E-state index in [2.05, 4.69) is 15.5 Å². The molecule has 6 nitrogen and oxygen atoms in total. The van der Waals surface area contributed by atoms with Gasteiger partial charge >= 0.3 is 0 Å². The molecule has 0 spiro atoms. The van der Waals surface area contributed by atoms with Crippen molar-refractivity contribution in [1.82, 2.24) is 14.8 Å². The number of thioether (sulfide) groups is 1. The van der Waals surface area contributed by atoms with Gasteiger partial charge in [-0.2, -0.15) is 0 Å². The monoisotopic (exact) mass is 414 g/mol. The number of anilines is 1. The second-order valence-corrected chi connectivity index (χ2v) is 7.77. The first-order chi connectivity index (χ1) is 14.1. The Kier molecular flexibility index (Phi) is 7.37. The van der Waals surface area contributed by atoms with Crippen molar-refractivity contribution in [3.8, 4) is 0 Å². The predicted octanol–water partition coefficient (Wildman–Crippen LogP) is 3.77. The topological polar surface area (TPSA) is 69.0 Å². The zero-order valence-corrected chi connectivity index (χ0v) is 17.2. The highest BCUT2D eigenvalue weighted by atomic mass is 32.2. The Morgan fingerprint density at radius 3 is 2.72 bits per heavy atom. The lowest BCUT2D eigenvalue weighted by Gasteiger charge is -2.14. The first kappa shape index (κ1) is 21.0. The zero-order chi connectivity index (χ0) is 20.6. The first-order valence-corrected chi connectivity index (χ1v) is 10.1. The van der Waals surface area contributed by atoms with Crippen molar-refractivity contribution >= 4 is 23.4 Å². The van der Waals surface area contributed by atoms with Crippen molar-refractivity contribution in [3.63, 3.8) is 0 Å². The highest BCUT2D eigenvalue weighted by Gasteiger charge is 2.20. The summed E-state index contributed by atoms with van der Waals surface area (Å²) in [5, 5.41) is 11.6. The molecule has 3 aromatic rings. The van der Waals surface area contributed by atoms with Gasteiger partial charge in [-0.3, -0.25) is 4.79 Å². The molecular formula is C21H23FN4O2S. The standard InChI is InChI=1S/C21H23FN4O2S/c1-15(20(27)23-18-10-6-9-17(22)14-18)29-21-25-24-19(26(21)11-12-28-2)13-16-7-4-3-5-8-16/h3-10,14-15H,11-13H2,1-2H3,(H,23,27)/t15-/m0/s1. The van der Waals surface area contributed by atoms with Crippen LogP contribution in [-0.4, -0.2) is 39.6 Å². The molecule has 0 aliphatic heterocycles. The van der Waals surface area contributed by atoms with Crippen molar-refractivity contribution in [2.24, 2.45) is 0 Å². The second kappa shape index (κ2) is 10.2. The number of halogens is 1. The van der Waals surface area contributed by atoms with E-state index in [1.54, 1.807) is 26.2 Å². The average molecular weight is 415 g/mol. The van der Waals surface area contributed by atoms with Crippen LogP contribution in [0.25, 0.3) is 0 Å². The van der Waals surface area contributed by atoms with Gasteiger partial charge in [0.15, 0.2) is 5.16 Å². The van der Waals surface area contributed by atoms with Crippen LogP contribution < -0.4 is 5.32 Å². The molecule has 1 aromatic heterocycles. The summed E-state index contributed by atoms with van der Waals surface area (Å²) in [4.78, 5) is 12.5. The van der Waals surface area contributed by atoms with Crippen LogP contribution in [0.3, 0.4) is 0 Å². The highest BCUT2D eigenvalue weighted by Crippen LogP contribution is 2.24. The Morgan fingerprint density at radius 1 is 1.21 bits per heavy atom. The summed E-state index contributed by atoms with van der Waals surface area (Å²) in [6.45, 7) is 2.88. The van der Waals surface area contributed by atoms with Gasteiger partial charge in [-0.05, 0) is 30.7 Å². The molecule has 1 amide bonds. The number of benzene rings is 2. The van der Waals surface area contributed by atoms with Gasteiger partial charge in [0.1, 0.15) is 11.6 Å². The number of amides is 1. The van der Waals surface area contributed by atoms with E-state index in [4.69, 9.17) is 4.74 Å². The SMILES string of the molecule is COCCn1c(Cc2ccccc2)nnc1S[C@@H](C)C(=O)Nc1cccc(F)c1. The maximum atomic E-state index is 13.3. The predicted molar refractivity (Wildman–Crippen MR) is 111 cm³/mol. The molecule has 0 fully saturated rings. The second-order valence-electron chi connectivity index (χ2n) is 6.47. The van der Waals surface area contributed by atoms with Gasteiger partial charge in [0, 0.05) is 25.8 Å². The molecule has 152 valence electrons. The van der Waals surface area contributed by atoms with E-state index in [0.717, 1.165) is 11.4 Å². The van der Waals surface area contributed by atoms with E-state index in [0.29, 0.717) is 30.4 Å². The van der Waals surface area contributed by atoms with Crippen LogP contribution in [0.2, 0.25) is 0 Å². The Morgan fingerprint density at radius 2 is 2.00 bits per heavy atom. The van der Waals surface area contributed by atoms with Gasteiger partial charge in [-0.25, -0.2) is 4.39 Å². The van der Waals surface area contributed by atoms with Gasteiger partial charge in [-0.1, -0.05) is 48.2 Å². The number of nitrogens with zero attached hydrogens (tertiary/aromatic N) is 3. The van der Waals surface area contributed by atoms with Crippen molar-refractivity contribution < 1.29 is 13.9 Å². The lowest BCUT2D eigenvalue weighted by atomic mass is 10.1. The fourth-order valence-corrected chi connectivity index (χ4v) is 3.64. The third-order valence-corrected chi connectivity index (χ3v) is 5.34. The average Bonchev–Trinajstić information content (AvgIpc) is 3.08. The normalized spacial score (nSPS) is 12.0. The molecule has 1 N–H and O–H groups in total. The van der Waals surface area contributed by atoms with Crippen molar-refractivity contribution in [1.29, 1.82) is 0 Å². The summed E-state index contributed by atoms with van der Waals surface area (Å²) in [6, 6.07) is 15.8. The Bertz CT molecular complexity index is 949. The Labute approximate surface area is 173 Å². The van der Waals surface area contributed by atoms with Crippen LogP contribution in [0.1, 0.15) is 18.3 Å². The Balaban J connectivity index is 1.72. The zero-order valence-electron chi connectivity index (χ0n) is 16.3. The summed E-state index contributed by atoms with van der Waals surface area (Å²) in [7, 11) is 1.64. The van der Waals surface area contributed by atoms with Crippen LogP contribution >= 0.6 is 11.8 Å². The number of carbonyl (C=O) groups excluding carboxylic acids is 1. The lowest BCUT2D eigenvalue weighted by molar-refractivity contribution is -0.115. The van der Waals surface area contributed by atoms with Gasteiger partial charge in [0.05, 0.1) is 11.9 Å². The minimum Gasteiger partial charge on any atom is -0.383 e. The minimum atomic E-state index is -0.437. The van der Waals surface area contributed by atoms with Crippen molar-refractivity contribution in [2.75, 3.05) is 19.0 Å². The highest BCUT2D eigenvalue weighted by molar-refractivity contribution is 8.00.